The number of nitrogens with zero attached hydrogens (tertiary/aromatic N) is 1. The van der Waals surface area contributed by atoms with Crippen LogP contribution in [0.4, 0.5) is 17.6 Å². The van der Waals surface area contributed by atoms with Gasteiger partial charge in [-0.25, -0.2) is 0 Å². The molecule has 0 unspecified atom stereocenters. The Labute approximate surface area is 131 Å². The number of nitrogens with one attached hydrogen (secondary N) is 1. The van der Waals surface area contributed by atoms with Gasteiger partial charge in [0.25, 0.3) is 0 Å². The van der Waals surface area contributed by atoms with Gasteiger partial charge in [0, 0.05) is 32.2 Å². The number of halogens is 5. The fraction of sp³-hybridized carbons (Fsp3) is 0.571. The van der Waals surface area contributed by atoms with E-state index in [0.29, 0.717) is 5.56 Å². The number of hydrogen-bond donors (Lipinski definition) is 1. The highest BCUT2D eigenvalue weighted by Crippen LogP contribution is 2.34. The lowest BCUT2D eigenvalue weighted by molar-refractivity contribution is -0.274. The third-order valence-electron chi connectivity index (χ3n) is 3.54. The van der Waals surface area contributed by atoms with Crippen LogP contribution in [0.2, 0.25) is 5.02 Å². The molecule has 1 atom stereocenters. The largest absolute Gasteiger partial charge is 0.573 e. The molecule has 3 nitrogen and oxygen atoms in total. The van der Waals surface area contributed by atoms with Crippen molar-refractivity contribution in [3.63, 3.8) is 0 Å². The van der Waals surface area contributed by atoms with E-state index in [4.69, 9.17) is 11.6 Å². The number of hydrogen-bond acceptors (Lipinski definition) is 3. The van der Waals surface area contributed by atoms with Gasteiger partial charge in [-0.3, -0.25) is 9.29 Å². The SMILES string of the molecule is FCC[C@H](c1ccc(OC(F)(F)F)c(Cl)c1)N1CCNCC1. The van der Waals surface area contributed by atoms with Crippen molar-refractivity contribution in [1.82, 2.24) is 10.2 Å². The second-order valence-electron chi connectivity index (χ2n) is 5.02. The van der Waals surface area contributed by atoms with Gasteiger partial charge in [0.05, 0.1) is 11.7 Å². The summed E-state index contributed by atoms with van der Waals surface area (Å²) in [6.07, 6.45) is -4.52. The van der Waals surface area contributed by atoms with E-state index >= 15 is 0 Å². The average molecular weight is 341 g/mol. The van der Waals surface area contributed by atoms with Crippen LogP contribution in [0, 0.1) is 0 Å². The van der Waals surface area contributed by atoms with Crippen molar-refractivity contribution >= 4 is 11.6 Å². The van der Waals surface area contributed by atoms with Crippen LogP contribution in [-0.4, -0.2) is 44.1 Å². The Morgan fingerprint density at radius 3 is 2.50 bits per heavy atom. The molecular formula is C14H17ClF4N2O. The monoisotopic (exact) mass is 340 g/mol. The minimum atomic E-state index is -4.79. The highest BCUT2D eigenvalue weighted by Gasteiger charge is 2.32. The summed E-state index contributed by atoms with van der Waals surface area (Å²) in [7, 11) is 0. The number of rotatable bonds is 5. The van der Waals surface area contributed by atoms with Crippen molar-refractivity contribution in [2.75, 3.05) is 32.9 Å². The Kier molecular flexibility index (Phi) is 5.88. The highest BCUT2D eigenvalue weighted by molar-refractivity contribution is 6.32. The lowest BCUT2D eigenvalue weighted by atomic mass is 10.0. The molecule has 8 heteroatoms. The van der Waals surface area contributed by atoms with Crippen LogP contribution in [0.5, 0.6) is 5.75 Å². The molecule has 1 aliphatic heterocycles. The van der Waals surface area contributed by atoms with Gasteiger partial charge < -0.3 is 10.1 Å². The summed E-state index contributed by atoms with van der Waals surface area (Å²) in [5.74, 6) is -0.447. The number of alkyl halides is 4. The van der Waals surface area contributed by atoms with E-state index in [-0.39, 0.29) is 17.5 Å². The van der Waals surface area contributed by atoms with Gasteiger partial charge in [0.2, 0.25) is 0 Å². The topological polar surface area (TPSA) is 24.5 Å². The number of piperazine rings is 1. The summed E-state index contributed by atoms with van der Waals surface area (Å²) >= 11 is 5.87. The van der Waals surface area contributed by atoms with Crippen molar-refractivity contribution in [2.45, 2.75) is 18.8 Å². The van der Waals surface area contributed by atoms with Gasteiger partial charge >= 0.3 is 6.36 Å². The van der Waals surface area contributed by atoms with Gasteiger partial charge in [-0.15, -0.1) is 13.2 Å². The van der Waals surface area contributed by atoms with Crippen molar-refractivity contribution in [3.05, 3.63) is 28.8 Å². The fourth-order valence-electron chi connectivity index (χ4n) is 2.59. The van der Waals surface area contributed by atoms with E-state index in [2.05, 4.69) is 15.0 Å². The molecular weight excluding hydrogens is 324 g/mol. The van der Waals surface area contributed by atoms with Crippen molar-refractivity contribution < 1.29 is 22.3 Å². The first-order chi connectivity index (χ1) is 10.4. The lowest BCUT2D eigenvalue weighted by Crippen LogP contribution is -2.45. The van der Waals surface area contributed by atoms with Crippen LogP contribution >= 0.6 is 11.6 Å². The molecule has 1 saturated heterocycles. The van der Waals surface area contributed by atoms with E-state index < -0.39 is 18.8 Å². The first-order valence-electron chi connectivity index (χ1n) is 6.96. The summed E-state index contributed by atoms with van der Waals surface area (Å²) in [6, 6.07) is 3.91. The molecule has 0 radical (unpaired) electrons. The molecule has 2 rings (SSSR count). The third kappa shape index (κ3) is 4.72. The normalized spacial score (nSPS) is 18.2. The third-order valence-corrected chi connectivity index (χ3v) is 3.84. The van der Waals surface area contributed by atoms with Crippen molar-refractivity contribution in [2.24, 2.45) is 0 Å². The molecule has 0 aromatic heterocycles. The zero-order valence-corrected chi connectivity index (χ0v) is 12.6. The minimum Gasteiger partial charge on any atom is -0.404 e. The first kappa shape index (κ1) is 17.3. The summed E-state index contributed by atoms with van der Waals surface area (Å²) in [5.41, 5.74) is 0.694. The van der Waals surface area contributed by atoms with E-state index in [1.54, 1.807) is 0 Å². The highest BCUT2D eigenvalue weighted by atomic mass is 35.5. The first-order valence-corrected chi connectivity index (χ1v) is 7.34. The van der Waals surface area contributed by atoms with Crippen LogP contribution in [0.1, 0.15) is 18.0 Å². The van der Waals surface area contributed by atoms with E-state index in [0.717, 1.165) is 26.2 Å². The Morgan fingerprint density at radius 1 is 1.27 bits per heavy atom. The number of ether oxygens (including phenoxy) is 1. The maximum absolute atomic E-state index is 12.8. The maximum Gasteiger partial charge on any atom is 0.573 e. The van der Waals surface area contributed by atoms with E-state index in [9.17, 15) is 17.6 Å². The molecule has 0 bridgehead atoms. The summed E-state index contributed by atoms with van der Waals surface area (Å²) in [6.45, 7) is 2.59. The van der Waals surface area contributed by atoms with Crippen molar-refractivity contribution in [3.8, 4) is 5.75 Å². The summed E-state index contributed by atoms with van der Waals surface area (Å²) < 4.78 is 53.4. The Bertz CT molecular complexity index is 492. The Hall–Kier alpha value is -1.05. The van der Waals surface area contributed by atoms with Gasteiger partial charge in [0.1, 0.15) is 5.75 Å². The Morgan fingerprint density at radius 2 is 1.95 bits per heavy atom. The predicted molar refractivity (Wildman–Crippen MR) is 75.9 cm³/mol. The van der Waals surface area contributed by atoms with Crippen LogP contribution in [-0.2, 0) is 0 Å². The predicted octanol–water partition coefficient (Wildman–Crippen LogP) is 3.54. The molecule has 0 spiro atoms. The quantitative estimate of drug-likeness (QED) is 0.830. The molecule has 1 N–H and O–H groups in total. The van der Waals surface area contributed by atoms with Crippen LogP contribution in [0.25, 0.3) is 0 Å². The van der Waals surface area contributed by atoms with Crippen LogP contribution < -0.4 is 10.1 Å². The van der Waals surface area contributed by atoms with Gasteiger partial charge in [-0.05, 0) is 24.1 Å². The molecule has 1 aromatic rings. The van der Waals surface area contributed by atoms with E-state index in [1.165, 1.54) is 18.2 Å². The second kappa shape index (κ2) is 7.48. The van der Waals surface area contributed by atoms with Crippen LogP contribution in [0.15, 0.2) is 18.2 Å². The van der Waals surface area contributed by atoms with Crippen molar-refractivity contribution in [1.29, 1.82) is 0 Å². The molecule has 124 valence electrons. The maximum atomic E-state index is 12.8. The standard InChI is InChI=1S/C14H17ClF4N2O/c15-11-9-10(1-2-13(11)22-14(17,18)19)12(3-4-16)21-7-5-20-6-8-21/h1-2,9,12,20H,3-8H2/t12-/m1/s1. The molecule has 0 amide bonds. The van der Waals surface area contributed by atoms with Gasteiger partial charge in [-0.2, -0.15) is 0 Å². The fourth-order valence-corrected chi connectivity index (χ4v) is 2.82. The summed E-state index contributed by atoms with van der Waals surface area (Å²) in [5, 5.41) is 3.07. The molecule has 1 aromatic carbocycles. The Balaban J connectivity index is 2.19. The smallest absolute Gasteiger partial charge is 0.404 e. The lowest BCUT2D eigenvalue weighted by Gasteiger charge is -2.35. The molecule has 1 fully saturated rings. The van der Waals surface area contributed by atoms with Crippen LogP contribution in [0.3, 0.4) is 0 Å². The zero-order valence-electron chi connectivity index (χ0n) is 11.8. The van der Waals surface area contributed by atoms with Gasteiger partial charge in [-0.1, -0.05) is 17.7 Å². The number of benzene rings is 1. The molecule has 0 saturated carbocycles. The van der Waals surface area contributed by atoms with E-state index in [1.807, 2.05) is 0 Å². The second-order valence-corrected chi connectivity index (χ2v) is 5.42. The van der Waals surface area contributed by atoms with Gasteiger partial charge in [0.15, 0.2) is 0 Å². The average Bonchev–Trinajstić information content (AvgIpc) is 2.47. The molecule has 1 aliphatic rings. The zero-order chi connectivity index (χ0) is 16.2. The molecule has 1 heterocycles. The minimum absolute atomic E-state index is 0.131. The molecule has 22 heavy (non-hydrogen) atoms. The summed E-state index contributed by atoms with van der Waals surface area (Å²) in [4.78, 5) is 2.10. The molecule has 0 aliphatic carbocycles.